The molecule has 0 aromatic heterocycles. The van der Waals surface area contributed by atoms with E-state index in [1.165, 1.54) is 12.1 Å². The third-order valence-corrected chi connectivity index (χ3v) is 1.72. The van der Waals surface area contributed by atoms with Crippen molar-refractivity contribution < 1.29 is 14.2 Å². The second-order valence-electron chi connectivity index (χ2n) is 3.18. The Morgan fingerprint density at radius 3 is 2.87 bits per heavy atom. The Morgan fingerprint density at radius 1 is 1.53 bits per heavy atom. The van der Waals surface area contributed by atoms with Crippen LogP contribution < -0.4 is 4.74 Å². The van der Waals surface area contributed by atoms with Gasteiger partial charge in [-0.1, -0.05) is 18.7 Å². The van der Waals surface area contributed by atoms with E-state index in [1.807, 2.05) is 6.92 Å². The fourth-order valence-electron chi connectivity index (χ4n) is 1.08. The molecule has 0 saturated carbocycles. The van der Waals surface area contributed by atoms with Crippen LogP contribution in [0.25, 0.3) is 0 Å². The van der Waals surface area contributed by atoms with E-state index in [-0.39, 0.29) is 5.75 Å². The summed E-state index contributed by atoms with van der Waals surface area (Å²) in [7, 11) is 0. The van der Waals surface area contributed by atoms with Crippen LogP contribution >= 0.6 is 0 Å². The van der Waals surface area contributed by atoms with Crippen LogP contribution in [-0.4, -0.2) is 11.7 Å². The molecule has 0 heterocycles. The maximum Gasteiger partial charge on any atom is 0.130 e. The number of allylic oxidation sites excluding steroid dienone is 2. The molecule has 1 rings (SSSR count). The standard InChI is InChI=1S/C12H13FO2/c1-3-4-9(2)8-15-12-6-10(13)5-11(14)7-12/h3-7,14H,1,8H2,2H3/b9-4+. The Hall–Kier alpha value is -1.77. The van der Waals surface area contributed by atoms with E-state index in [9.17, 15) is 4.39 Å². The Morgan fingerprint density at radius 2 is 2.27 bits per heavy atom. The highest BCUT2D eigenvalue weighted by Gasteiger charge is 2.00. The zero-order chi connectivity index (χ0) is 11.3. The van der Waals surface area contributed by atoms with Crippen molar-refractivity contribution in [2.45, 2.75) is 6.92 Å². The van der Waals surface area contributed by atoms with Crippen LogP contribution in [0.4, 0.5) is 4.39 Å². The molecule has 0 radical (unpaired) electrons. The third-order valence-electron chi connectivity index (χ3n) is 1.72. The summed E-state index contributed by atoms with van der Waals surface area (Å²) in [5, 5.41) is 9.11. The third kappa shape index (κ3) is 3.85. The average Bonchev–Trinajstić information content (AvgIpc) is 2.14. The number of phenols is 1. The number of hydrogen-bond donors (Lipinski definition) is 1. The Balaban J connectivity index is 2.65. The Kier molecular flexibility index (Phi) is 3.92. The fourth-order valence-corrected chi connectivity index (χ4v) is 1.08. The molecule has 1 aromatic rings. The molecule has 0 bridgehead atoms. The first-order valence-corrected chi connectivity index (χ1v) is 4.52. The molecule has 80 valence electrons. The van der Waals surface area contributed by atoms with Gasteiger partial charge in [0.15, 0.2) is 0 Å². The Labute approximate surface area is 88.3 Å². The lowest BCUT2D eigenvalue weighted by molar-refractivity contribution is 0.346. The van der Waals surface area contributed by atoms with E-state index < -0.39 is 5.82 Å². The first-order valence-electron chi connectivity index (χ1n) is 4.52. The van der Waals surface area contributed by atoms with Gasteiger partial charge in [-0.15, -0.1) is 0 Å². The molecule has 1 aromatic carbocycles. The van der Waals surface area contributed by atoms with E-state index in [0.717, 1.165) is 11.6 Å². The van der Waals surface area contributed by atoms with Crippen molar-refractivity contribution in [2.24, 2.45) is 0 Å². The summed E-state index contributed by atoms with van der Waals surface area (Å²) in [4.78, 5) is 0. The molecule has 0 saturated heterocycles. The fraction of sp³-hybridized carbons (Fsp3) is 0.167. The summed E-state index contributed by atoms with van der Waals surface area (Å²) in [6, 6.07) is 3.62. The normalized spacial score (nSPS) is 11.2. The van der Waals surface area contributed by atoms with Gasteiger partial charge in [0.05, 0.1) is 0 Å². The summed E-state index contributed by atoms with van der Waals surface area (Å²) in [5.41, 5.74) is 0.966. The van der Waals surface area contributed by atoms with E-state index in [0.29, 0.717) is 12.4 Å². The van der Waals surface area contributed by atoms with Gasteiger partial charge in [0, 0.05) is 18.2 Å². The van der Waals surface area contributed by atoms with Crippen molar-refractivity contribution >= 4 is 0 Å². The van der Waals surface area contributed by atoms with Crippen LogP contribution in [-0.2, 0) is 0 Å². The van der Waals surface area contributed by atoms with Gasteiger partial charge in [-0.3, -0.25) is 0 Å². The van der Waals surface area contributed by atoms with E-state index in [1.54, 1.807) is 12.2 Å². The minimum atomic E-state index is -0.518. The van der Waals surface area contributed by atoms with Gasteiger partial charge in [0.2, 0.25) is 0 Å². The quantitative estimate of drug-likeness (QED) is 0.770. The number of hydrogen-bond acceptors (Lipinski definition) is 2. The van der Waals surface area contributed by atoms with E-state index in [2.05, 4.69) is 6.58 Å². The van der Waals surface area contributed by atoms with Crippen LogP contribution in [0.3, 0.4) is 0 Å². The SMILES string of the molecule is C=C/C=C(\C)COc1cc(O)cc(F)c1. The molecule has 0 amide bonds. The number of ether oxygens (including phenoxy) is 1. The predicted molar refractivity (Wildman–Crippen MR) is 57.5 cm³/mol. The maximum atomic E-state index is 12.8. The van der Waals surface area contributed by atoms with Crippen LogP contribution in [0.1, 0.15) is 6.92 Å². The van der Waals surface area contributed by atoms with Gasteiger partial charge in [0.25, 0.3) is 0 Å². The van der Waals surface area contributed by atoms with Gasteiger partial charge in [-0.05, 0) is 12.5 Å². The molecule has 1 N–H and O–H groups in total. The largest absolute Gasteiger partial charge is 0.508 e. The van der Waals surface area contributed by atoms with Crippen molar-refractivity contribution in [3.8, 4) is 11.5 Å². The molecule has 0 fully saturated rings. The number of aromatic hydroxyl groups is 1. The minimum Gasteiger partial charge on any atom is -0.508 e. The summed E-state index contributed by atoms with van der Waals surface area (Å²) >= 11 is 0. The number of halogens is 1. The highest BCUT2D eigenvalue weighted by molar-refractivity contribution is 5.33. The van der Waals surface area contributed by atoms with Gasteiger partial charge in [-0.2, -0.15) is 0 Å². The van der Waals surface area contributed by atoms with E-state index in [4.69, 9.17) is 9.84 Å². The van der Waals surface area contributed by atoms with Gasteiger partial charge in [0.1, 0.15) is 23.9 Å². The summed E-state index contributed by atoms with van der Waals surface area (Å²) < 4.78 is 18.1. The summed E-state index contributed by atoms with van der Waals surface area (Å²) in [6.45, 7) is 5.77. The maximum absolute atomic E-state index is 12.8. The average molecular weight is 208 g/mol. The molecule has 0 aliphatic rings. The van der Waals surface area contributed by atoms with E-state index >= 15 is 0 Å². The zero-order valence-electron chi connectivity index (χ0n) is 8.53. The molecular weight excluding hydrogens is 195 g/mol. The van der Waals surface area contributed by atoms with Gasteiger partial charge < -0.3 is 9.84 Å². The second kappa shape index (κ2) is 5.20. The number of phenolic OH excluding ortho intramolecular Hbond substituents is 1. The first kappa shape index (κ1) is 11.3. The molecule has 15 heavy (non-hydrogen) atoms. The van der Waals surface area contributed by atoms with Crippen molar-refractivity contribution in [2.75, 3.05) is 6.61 Å². The second-order valence-corrected chi connectivity index (χ2v) is 3.18. The monoisotopic (exact) mass is 208 g/mol. The first-order chi connectivity index (χ1) is 7.11. The number of rotatable bonds is 4. The summed E-state index contributed by atoms with van der Waals surface area (Å²) in [6.07, 6.45) is 3.46. The molecular formula is C12H13FO2. The van der Waals surface area contributed by atoms with Crippen LogP contribution in [0, 0.1) is 5.82 Å². The number of benzene rings is 1. The highest BCUT2D eigenvalue weighted by atomic mass is 19.1. The van der Waals surface area contributed by atoms with Crippen LogP contribution in [0.2, 0.25) is 0 Å². The van der Waals surface area contributed by atoms with Crippen molar-refractivity contribution in [3.63, 3.8) is 0 Å². The Bertz CT molecular complexity index is 363. The highest BCUT2D eigenvalue weighted by Crippen LogP contribution is 2.21. The molecule has 3 heteroatoms. The predicted octanol–water partition coefficient (Wildman–Crippen LogP) is 3.04. The zero-order valence-corrected chi connectivity index (χ0v) is 8.53. The lowest BCUT2D eigenvalue weighted by Crippen LogP contribution is -1.98. The molecule has 2 nitrogen and oxygen atoms in total. The molecule has 0 atom stereocenters. The smallest absolute Gasteiger partial charge is 0.130 e. The van der Waals surface area contributed by atoms with Crippen LogP contribution in [0.5, 0.6) is 11.5 Å². The minimum absolute atomic E-state index is 0.143. The molecule has 0 spiro atoms. The summed E-state index contributed by atoms with van der Waals surface area (Å²) in [5.74, 6) is -0.352. The van der Waals surface area contributed by atoms with Crippen molar-refractivity contribution in [1.29, 1.82) is 0 Å². The van der Waals surface area contributed by atoms with Gasteiger partial charge >= 0.3 is 0 Å². The molecule has 0 unspecified atom stereocenters. The molecule has 0 aliphatic carbocycles. The lowest BCUT2D eigenvalue weighted by atomic mass is 10.3. The van der Waals surface area contributed by atoms with Crippen LogP contribution in [0.15, 0.2) is 42.5 Å². The van der Waals surface area contributed by atoms with Crippen molar-refractivity contribution in [3.05, 3.63) is 48.3 Å². The van der Waals surface area contributed by atoms with Crippen molar-refractivity contribution in [1.82, 2.24) is 0 Å². The van der Waals surface area contributed by atoms with Gasteiger partial charge in [-0.25, -0.2) is 4.39 Å². The lowest BCUT2D eigenvalue weighted by Gasteiger charge is -2.06. The topological polar surface area (TPSA) is 29.5 Å². The molecule has 0 aliphatic heterocycles.